The number of hydrogen-bond donors (Lipinski definition) is 0. The van der Waals surface area contributed by atoms with Gasteiger partial charge in [-0.2, -0.15) is 35.1 Å². The summed E-state index contributed by atoms with van der Waals surface area (Å²) in [5.41, 5.74) is 3.02. The summed E-state index contributed by atoms with van der Waals surface area (Å²) in [4.78, 5) is -9.24. The van der Waals surface area contributed by atoms with E-state index in [0.29, 0.717) is 11.1 Å². The number of halogens is 10. The lowest BCUT2D eigenvalue weighted by molar-refractivity contribution is -0.266. The summed E-state index contributed by atoms with van der Waals surface area (Å²) < 4.78 is 117. The van der Waals surface area contributed by atoms with Crippen molar-refractivity contribution in [3.05, 3.63) is 119 Å². The first-order chi connectivity index (χ1) is 19.1. The van der Waals surface area contributed by atoms with Crippen molar-refractivity contribution in [2.75, 3.05) is 0 Å². The monoisotopic (exact) mass is 706 g/mol. The Morgan fingerprint density at radius 1 is 0.463 bits per heavy atom. The number of hydrogen-bond acceptors (Lipinski definition) is 2. The molecule has 0 atom stereocenters. The Morgan fingerprint density at radius 2 is 0.780 bits per heavy atom. The molecule has 0 radical (unpaired) electrons. The number of fused-ring (bicyclic) bond motifs is 3. The fourth-order valence-electron chi connectivity index (χ4n) is 4.98. The molecule has 1 aliphatic carbocycles. The van der Waals surface area contributed by atoms with E-state index in [1.807, 2.05) is 36.4 Å². The van der Waals surface area contributed by atoms with Crippen molar-refractivity contribution in [1.82, 2.24) is 0 Å². The standard InChI is InChI=1S/C29H16Br2F8O2/c30-26(32,33)28(36,37)40-19-13-9-17(10-14-19)25(18-11-15-20(16-12-18)41-29(38,39)27(31,34)35)23-7-3-1-5-21(23)22-6-2-4-8-24(22)25/h1-16H. The quantitative estimate of drug-likeness (QED) is 0.118. The average molecular weight is 708 g/mol. The Morgan fingerprint density at radius 3 is 1.10 bits per heavy atom. The van der Waals surface area contributed by atoms with Gasteiger partial charge in [0.1, 0.15) is 11.5 Å². The van der Waals surface area contributed by atoms with Crippen LogP contribution in [0.15, 0.2) is 97.1 Å². The maximum Gasteiger partial charge on any atom is 0.475 e. The number of ether oxygens (including phenoxy) is 2. The molecule has 0 heterocycles. The van der Waals surface area contributed by atoms with Gasteiger partial charge in [0, 0.05) is 31.9 Å². The third kappa shape index (κ3) is 4.98. The van der Waals surface area contributed by atoms with E-state index in [-0.39, 0.29) is 0 Å². The molecule has 0 saturated heterocycles. The van der Waals surface area contributed by atoms with Crippen LogP contribution in [0.5, 0.6) is 11.5 Å². The minimum absolute atomic E-state index is 0.502. The summed E-state index contributed by atoms with van der Waals surface area (Å²) >= 11 is 3.25. The Hall–Kier alpha value is -3.12. The minimum Gasteiger partial charge on any atom is -0.427 e. The smallest absolute Gasteiger partial charge is 0.427 e. The molecular weight excluding hydrogens is 692 g/mol. The van der Waals surface area contributed by atoms with E-state index >= 15 is 0 Å². The third-order valence-corrected chi connectivity index (χ3v) is 7.60. The maximum absolute atomic E-state index is 13.8. The largest absolute Gasteiger partial charge is 0.475 e. The number of rotatable bonds is 8. The summed E-state index contributed by atoms with van der Waals surface area (Å²) in [5, 5.41) is 0. The molecule has 41 heavy (non-hydrogen) atoms. The van der Waals surface area contributed by atoms with Gasteiger partial charge in [0.15, 0.2) is 0 Å². The minimum atomic E-state index is -4.84. The first-order valence-corrected chi connectivity index (χ1v) is 13.3. The van der Waals surface area contributed by atoms with Crippen molar-refractivity contribution in [2.45, 2.75) is 27.3 Å². The number of alkyl halides is 10. The molecule has 214 valence electrons. The van der Waals surface area contributed by atoms with Gasteiger partial charge >= 0.3 is 21.9 Å². The Balaban J connectivity index is 1.66. The predicted molar refractivity (Wildman–Crippen MR) is 143 cm³/mol. The zero-order chi connectivity index (χ0) is 29.8. The molecule has 1 aliphatic rings. The fourth-order valence-corrected chi connectivity index (χ4v) is 5.14. The van der Waals surface area contributed by atoms with Crippen molar-refractivity contribution in [2.24, 2.45) is 0 Å². The second kappa shape index (κ2) is 10.0. The maximum atomic E-state index is 13.8. The van der Waals surface area contributed by atoms with Crippen molar-refractivity contribution in [3.8, 4) is 22.6 Å². The Kier molecular flexibility index (Phi) is 7.17. The van der Waals surface area contributed by atoms with E-state index in [4.69, 9.17) is 0 Å². The van der Waals surface area contributed by atoms with Crippen LogP contribution < -0.4 is 9.47 Å². The van der Waals surface area contributed by atoms with E-state index in [1.54, 1.807) is 44.0 Å². The fraction of sp³-hybridized carbons (Fsp3) is 0.172. The molecule has 0 bridgehead atoms. The molecule has 12 heteroatoms. The molecule has 0 spiro atoms. The lowest BCUT2D eigenvalue weighted by Gasteiger charge is -2.34. The van der Waals surface area contributed by atoms with Crippen molar-refractivity contribution in [3.63, 3.8) is 0 Å². The highest BCUT2D eigenvalue weighted by Crippen LogP contribution is 2.56. The normalized spacial score (nSPS) is 14.8. The van der Waals surface area contributed by atoms with Gasteiger partial charge in [-0.15, -0.1) is 0 Å². The first kappa shape index (κ1) is 29.4. The lowest BCUT2D eigenvalue weighted by Crippen LogP contribution is -2.40. The highest BCUT2D eigenvalue weighted by molar-refractivity contribution is 9.10. The molecule has 2 nitrogen and oxygen atoms in total. The van der Waals surface area contributed by atoms with E-state index < -0.39 is 38.8 Å². The van der Waals surface area contributed by atoms with Crippen LogP contribution in [0.25, 0.3) is 11.1 Å². The van der Waals surface area contributed by atoms with Gasteiger partial charge in [0.25, 0.3) is 0 Å². The summed E-state index contributed by atoms with van der Waals surface area (Å²) in [7, 11) is 0. The molecule has 0 N–H and O–H groups in total. The first-order valence-electron chi connectivity index (χ1n) is 11.8. The van der Waals surface area contributed by atoms with Crippen LogP contribution in [0.4, 0.5) is 35.1 Å². The van der Waals surface area contributed by atoms with Gasteiger partial charge in [-0.05, 0) is 57.6 Å². The Bertz CT molecular complexity index is 1440. The van der Waals surface area contributed by atoms with E-state index in [2.05, 4.69) is 9.47 Å². The lowest BCUT2D eigenvalue weighted by atomic mass is 9.68. The third-order valence-electron chi connectivity index (χ3n) is 6.68. The van der Waals surface area contributed by atoms with Gasteiger partial charge in [0.2, 0.25) is 0 Å². The molecule has 0 aromatic heterocycles. The van der Waals surface area contributed by atoms with Crippen LogP contribution in [-0.2, 0) is 5.41 Å². The van der Waals surface area contributed by atoms with Crippen LogP contribution >= 0.6 is 31.9 Å². The average Bonchev–Trinajstić information content (AvgIpc) is 3.19. The molecule has 0 aliphatic heterocycles. The predicted octanol–water partition coefficient (Wildman–Crippen LogP) is 9.97. The molecule has 0 amide bonds. The van der Waals surface area contributed by atoms with Crippen LogP contribution in [0.1, 0.15) is 22.3 Å². The van der Waals surface area contributed by atoms with E-state index in [9.17, 15) is 35.1 Å². The molecule has 0 fully saturated rings. The zero-order valence-electron chi connectivity index (χ0n) is 20.3. The van der Waals surface area contributed by atoms with Crippen LogP contribution in [-0.4, -0.2) is 21.9 Å². The van der Waals surface area contributed by atoms with Crippen molar-refractivity contribution >= 4 is 31.9 Å². The van der Waals surface area contributed by atoms with Gasteiger partial charge in [-0.3, -0.25) is 0 Å². The molecule has 0 saturated carbocycles. The summed E-state index contributed by atoms with van der Waals surface area (Å²) in [6, 6.07) is 24.8. The highest BCUT2D eigenvalue weighted by Gasteiger charge is 2.58. The van der Waals surface area contributed by atoms with Gasteiger partial charge in [0.05, 0.1) is 5.41 Å². The number of benzene rings is 4. The second-order valence-corrected chi connectivity index (χ2v) is 11.1. The van der Waals surface area contributed by atoms with Gasteiger partial charge in [-0.25, -0.2) is 0 Å². The van der Waals surface area contributed by atoms with Crippen LogP contribution in [0.3, 0.4) is 0 Å². The van der Waals surface area contributed by atoms with Crippen LogP contribution in [0.2, 0.25) is 0 Å². The van der Waals surface area contributed by atoms with E-state index in [1.165, 1.54) is 24.3 Å². The van der Waals surface area contributed by atoms with Crippen molar-refractivity contribution < 1.29 is 44.6 Å². The van der Waals surface area contributed by atoms with Gasteiger partial charge < -0.3 is 9.47 Å². The molecule has 0 unspecified atom stereocenters. The molecule has 4 aromatic carbocycles. The SMILES string of the molecule is FC(F)(Br)C(F)(F)Oc1ccc(C2(c3ccc(OC(F)(F)C(F)(F)Br)cc3)c3ccccc3-c3ccccc32)cc1. The summed E-state index contributed by atoms with van der Waals surface area (Å²) in [5.74, 6) is -1.07. The topological polar surface area (TPSA) is 18.5 Å². The molecule has 4 aromatic rings. The van der Waals surface area contributed by atoms with E-state index in [0.717, 1.165) is 46.5 Å². The zero-order valence-corrected chi connectivity index (χ0v) is 23.5. The van der Waals surface area contributed by atoms with Crippen molar-refractivity contribution in [1.29, 1.82) is 0 Å². The van der Waals surface area contributed by atoms with Crippen LogP contribution in [0, 0.1) is 0 Å². The van der Waals surface area contributed by atoms with Gasteiger partial charge in [-0.1, -0.05) is 72.8 Å². The summed E-state index contributed by atoms with van der Waals surface area (Å²) in [6.07, 6.45) is -9.69. The summed E-state index contributed by atoms with van der Waals surface area (Å²) in [6.45, 7) is 0. The second-order valence-electron chi connectivity index (χ2n) is 9.12. The molecular formula is C29H16Br2F8O2. The highest BCUT2D eigenvalue weighted by atomic mass is 79.9. The Labute approximate surface area is 245 Å². The molecule has 5 rings (SSSR count).